The summed E-state index contributed by atoms with van der Waals surface area (Å²) in [4.78, 5) is 13.0. The van der Waals surface area contributed by atoms with Crippen LogP contribution in [0.15, 0.2) is 42.0 Å². The number of fused-ring (bicyclic) bond motifs is 3. The molecular weight excluding hydrogens is 276 g/mol. The summed E-state index contributed by atoms with van der Waals surface area (Å²) in [5.41, 5.74) is 1.85. The molecule has 0 unspecified atom stereocenters. The SMILES string of the molecule is CC1=C[C@@H]2[C@@H](C(=O)[C@]2(C)c2ccccc2)[C@@H]2OC(C)(C)O[C@H]12. The van der Waals surface area contributed by atoms with Crippen molar-refractivity contribution < 1.29 is 14.3 Å². The number of benzene rings is 1. The normalized spacial score (nSPS) is 42.2. The van der Waals surface area contributed by atoms with Gasteiger partial charge >= 0.3 is 0 Å². The zero-order valence-electron chi connectivity index (χ0n) is 13.5. The van der Waals surface area contributed by atoms with Crippen molar-refractivity contribution in [3.05, 3.63) is 47.5 Å². The lowest BCUT2D eigenvalue weighted by molar-refractivity contribution is -0.167. The number of rotatable bonds is 1. The molecule has 1 aliphatic heterocycles. The van der Waals surface area contributed by atoms with Crippen LogP contribution in [-0.4, -0.2) is 23.8 Å². The molecule has 22 heavy (non-hydrogen) atoms. The largest absolute Gasteiger partial charge is 0.343 e. The number of carbonyl (C=O) groups is 1. The minimum Gasteiger partial charge on any atom is -0.343 e. The molecule has 0 aromatic heterocycles. The highest BCUT2D eigenvalue weighted by molar-refractivity contribution is 6.00. The highest BCUT2D eigenvalue weighted by Crippen LogP contribution is 2.57. The van der Waals surface area contributed by atoms with Gasteiger partial charge in [0.2, 0.25) is 0 Å². The van der Waals surface area contributed by atoms with Gasteiger partial charge in [-0.15, -0.1) is 0 Å². The molecular formula is C19H22O3. The smallest absolute Gasteiger partial charge is 0.164 e. The summed E-state index contributed by atoms with van der Waals surface area (Å²) < 4.78 is 12.1. The zero-order valence-corrected chi connectivity index (χ0v) is 13.5. The number of Topliss-reactive ketones (excluding diaryl/α,β-unsaturated/α-hetero) is 1. The van der Waals surface area contributed by atoms with Crippen LogP contribution >= 0.6 is 0 Å². The molecule has 0 amide bonds. The molecule has 116 valence electrons. The second kappa shape index (κ2) is 4.30. The van der Waals surface area contributed by atoms with Gasteiger partial charge in [0.05, 0.1) is 11.3 Å². The van der Waals surface area contributed by atoms with E-state index in [0.717, 1.165) is 5.56 Å². The van der Waals surface area contributed by atoms with Crippen LogP contribution in [0.5, 0.6) is 0 Å². The van der Waals surface area contributed by atoms with E-state index in [1.165, 1.54) is 5.57 Å². The van der Waals surface area contributed by atoms with Gasteiger partial charge in [-0.3, -0.25) is 4.79 Å². The van der Waals surface area contributed by atoms with E-state index in [1.54, 1.807) is 0 Å². The molecule has 0 N–H and O–H groups in total. The molecule has 5 atom stereocenters. The molecule has 3 aliphatic rings. The number of hydrogen-bond donors (Lipinski definition) is 0. The third-order valence-electron chi connectivity index (χ3n) is 5.62. The topological polar surface area (TPSA) is 35.5 Å². The fourth-order valence-corrected chi connectivity index (χ4v) is 4.46. The molecule has 2 fully saturated rings. The Morgan fingerprint density at radius 1 is 1.05 bits per heavy atom. The summed E-state index contributed by atoms with van der Waals surface area (Å²) in [6, 6.07) is 10.1. The van der Waals surface area contributed by atoms with Crippen LogP contribution in [0.1, 0.15) is 33.3 Å². The minimum atomic E-state index is -0.613. The van der Waals surface area contributed by atoms with Gasteiger partial charge in [-0.1, -0.05) is 36.4 Å². The van der Waals surface area contributed by atoms with Crippen LogP contribution in [0, 0.1) is 11.8 Å². The van der Waals surface area contributed by atoms with Crippen molar-refractivity contribution in [2.75, 3.05) is 0 Å². The van der Waals surface area contributed by atoms with E-state index < -0.39 is 11.2 Å². The Morgan fingerprint density at radius 3 is 2.41 bits per heavy atom. The average molecular weight is 298 g/mol. The van der Waals surface area contributed by atoms with Crippen LogP contribution in [0.3, 0.4) is 0 Å². The number of allylic oxidation sites excluding steroid dienone is 1. The van der Waals surface area contributed by atoms with Crippen LogP contribution in [-0.2, 0) is 19.7 Å². The summed E-state index contributed by atoms with van der Waals surface area (Å²) >= 11 is 0. The van der Waals surface area contributed by atoms with Gasteiger partial charge in [0, 0.05) is 5.92 Å². The molecule has 3 heteroatoms. The van der Waals surface area contributed by atoms with Gasteiger partial charge in [-0.2, -0.15) is 0 Å². The van der Waals surface area contributed by atoms with Crippen molar-refractivity contribution in [2.45, 2.75) is 51.1 Å². The van der Waals surface area contributed by atoms with E-state index in [1.807, 2.05) is 32.0 Å². The Kier molecular flexibility index (Phi) is 2.77. The van der Waals surface area contributed by atoms with E-state index >= 15 is 0 Å². The second-order valence-corrected chi connectivity index (χ2v) is 7.42. The lowest BCUT2D eigenvalue weighted by atomic mass is 9.47. The average Bonchev–Trinajstić information content (AvgIpc) is 2.82. The predicted molar refractivity (Wildman–Crippen MR) is 83.4 cm³/mol. The maximum absolute atomic E-state index is 13.0. The Balaban J connectivity index is 1.75. The van der Waals surface area contributed by atoms with Gasteiger partial charge in [0.15, 0.2) is 5.79 Å². The first-order valence-electron chi connectivity index (χ1n) is 7.98. The van der Waals surface area contributed by atoms with Crippen LogP contribution < -0.4 is 0 Å². The quantitative estimate of drug-likeness (QED) is 0.747. The third-order valence-corrected chi connectivity index (χ3v) is 5.62. The van der Waals surface area contributed by atoms with Crippen molar-refractivity contribution in [1.82, 2.24) is 0 Å². The van der Waals surface area contributed by atoms with E-state index in [9.17, 15) is 4.79 Å². The minimum absolute atomic E-state index is 0.0827. The summed E-state index contributed by atoms with van der Waals surface area (Å²) in [5, 5.41) is 0. The first-order chi connectivity index (χ1) is 10.3. The van der Waals surface area contributed by atoms with Crippen molar-refractivity contribution in [3.8, 4) is 0 Å². The van der Waals surface area contributed by atoms with Gasteiger partial charge in [0.1, 0.15) is 18.0 Å². The van der Waals surface area contributed by atoms with Crippen LogP contribution in [0.2, 0.25) is 0 Å². The zero-order chi connectivity index (χ0) is 15.7. The number of ether oxygens (including phenoxy) is 2. The fraction of sp³-hybridized carbons (Fsp3) is 0.526. The summed E-state index contributed by atoms with van der Waals surface area (Å²) in [7, 11) is 0. The van der Waals surface area contributed by atoms with Gasteiger partial charge in [-0.25, -0.2) is 0 Å². The molecule has 2 aliphatic carbocycles. The Bertz CT molecular complexity index is 661. The molecule has 1 heterocycles. The lowest BCUT2D eigenvalue weighted by Crippen LogP contribution is -2.65. The second-order valence-electron chi connectivity index (χ2n) is 7.42. The summed E-state index contributed by atoms with van der Waals surface area (Å²) in [6.07, 6.45) is 2.01. The van der Waals surface area contributed by atoms with E-state index in [2.05, 4.69) is 32.1 Å². The van der Waals surface area contributed by atoms with Gasteiger partial charge in [-0.05, 0) is 38.8 Å². The number of ketones is 1. The van der Waals surface area contributed by atoms with Crippen LogP contribution in [0.4, 0.5) is 0 Å². The standard InChI is InChI=1S/C19H22O3/c1-11-10-13-14(16-15(11)21-18(2,3)22-16)17(20)19(13,4)12-8-6-5-7-9-12/h5-10,13-16H,1-4H3/t13-,14-,15-,16+,19-/m1/s1. The maximum Gasteiger partial charge on any atom is 0.164 e. The summed E-state index contributed by atoms with van der Waals surface area (Å²) in [5.74, 6) is -0.219. The van der Waals surface area contributed by atoms with E-state index in [-0.39, 0.29) is 29.8 Å². The molecule has 0 radical (unpaired) electrons. The molecule has 1 aromatic carbocycles. The Hall–Kier alpha value is -1.45. The Labute approximate surface area is 131 Å². The highest BCUT2D eigenvalue weighted by atomic mass is 16.8. The van der Waals surface area contributed by atoms with Crippen molar-refractivity contribution in [3.63, 3.8) is 0 Å². The molecule has 1 saturated carbocycles. The predicted octanol–water partition coefficient (Wildman–Crippen LogP) is 3.24. The number of carbonyl (C=O) groups excluding carboxylic acids is 1. The summed E-state index contributed by atoms with van der Waals surface area (Å²) in [6.45, 7) is 8.00. The van der Waals surface area contributed by atoms with E-state index in [0.29, 0.717) is 0 Å². The first-order valence-corrected chi connectivity index (χ1v) is 7.98. The molecule has 0 bridgehead atoms. The number of hydrogen-bond acceptors (Lipinski definition) is 3. The van der Waals surface area contributed by atoms with Gasteiger partial charge < -0.3 is 9.47 Å². The molecule has 1 aromatic rings. The van der Waals surface area contributed by atoms with Crippen molar-refractivity contribution >= 4 is 5.78 Å². The molecule has 4 rings (SSSR count). The first kappa shape index (κ1) is 14.2. The highest BCUT2D eigenvalue weighted by Gasteiger charge is 2.66. The molecule has 1 saturated heterocycles. The molecule has 3 nitrogen and oxygen atoms in total. The van der Waals surface area contributed by atoms with E-state index in [4.69, 9.17) is 9.47 Å². The van der Waals surface area contributed by atoms with Crippen molar-refractivity contribution in [1.29, 1.82) is 0 Å². The monoisotopic (exact) mass is 298 g/mol. The van der Waals surface area contributed by atoms with Crippen LogP contribution in [0.25, 0.3) is 0 Å². The lowest BCUT2D eigenvalue weighted by Gasteiger charge is -2.55. The third kappa shape index (κ3) is 1.67. The van der Waals surface area contributed by atoms with Gasteiger partial charge in [0.25, 0.3) is 0 Å². The Morgan fingerprint density at radius 2 is 1.73 bits per heavy atom. The fourth-order valence-electron chi connectivity index (χ4n) is 4.46. The molecule has 0 spiro atoms. The maximum atomic E-state index is 13.0. The van der Waals surface area contributed by atoms with Crippen molar-refractivity contribution in [2.24, 2.45) is 11.8 Å².